The van der Waals surface area contributed by atoms with E-state index in [-0.39, 0.29) is 12.1 Å². The molecular weight excluding hydrogens is 418 g/mol. The van der Waals surface area contributed by atoms with Gasteiger partial charge in [-0.3, -0.25) is 9.69 Å². The summed E-state index contributed by atoms with van der Waals surface area (Å²) in [5.41, 5.74) is 0.728. The third kappa shape index (κ3) is 4.99. The Morgan fingerprint density at radius 2 is 1.71 bits per heavy atom. The lowest BCUT2D eigenvalue weighted by molar-refractivity contribution is -0.150. The summed E-state index contributed by atoms with van der Waals surface area (Å²) in [4.78, 5) is 17.4. The first-order chi connectivity index (χ1) is 14.8. The molecule has 1 spiro atoms. The molecule has 0 radical (unpaired) electrons. The molecule has 1 atom stereocenters. The van der Waals surface area contributed by atoms with Gasteiger partial charge in [0.05, 0.1) is 18.8 Å². The molecule has 1 aromatic rings. The number of rotatable bonds is 6. The molecular formula is C22H33N3O5S. The van der Waals surface area contributed by atoms with Crippen molar-refractivity contribution in [2.45, 2.75) is 31.8 Å². The van der Waals surface area contributed by atoms with Crippen LogP contribution >= 0.6 is 0 Å². The van der Waals surface area contributed by atoms with Crippen LogP contribution in [0, 0.1) is 5.41 Å². The van der Waals surface area contributed by atoms with Crippen LogP contribution in [0.3, 0.4) is 0 Å². The molecule has 9 heteroatoms. The molecule has 0 N–H and O–H groups in total. The molecule has 3 aliphatic heterocycles. The minimum absolute atomic E-state index is 0.0584. The summed E-state index contributed by atoms with van der Waals surface area (Å²) in [6.07, 6.45) is 3.86. The summed E-state index contributed by atoms with van der Waals surface area (Å²) in [6.45, 7) is 5.66. The van der Waals surface area contributed by atoms with Gasteiger partial charge in [0.2, 0.25) is 10.0 Å². The van der Waals surface area contributed by atoms with E-state index in [0.717, 1.165) is 51.3 Å². The van der Waals surface area contributed by atoms with Gasteiger partial charge in [-0.15, -0.1) is 0 Å². The minimum atomic E-state index is -3.19. The minimum Gasteiger partial charge on any atom is -0.497 e. The normalized spacial score (nSPS) is 25.0. The number of carbonyl (C=O) groups excluding carboxylic acids is 1. The Hall–Kier alpha value is -1.84. The number of nitrogens with zero attached hydrogens (tertiary/aromatic N) is 3. The second-order valence-electron chi connectivity index (χ2n) is 8.99. The van der Waals surface area contributed by atoms with Crippen molar-refractivity contribution in [3.8, 4) is 5.75 Å². The Labute approximate surface area is 185 Å². The molecule has 3 fully saturated rings. The fourth-order valence-electron chi connectivity index (χ4n) is 5.00. The van der Waals surface area contributed by atoms with Crippen molar-refractivity contribution in [1.82, 2.24) is 9.21 Å². The first-order valence-corrected chi connectivity index (χ1v) is 12.9. The molecule has 0 aromatic heterocycles. The lowest BCUT2D eigenvalue weighted by atomic mass is 9.76. The molecule has 0 saturated carbocycles. The highest BCUT2D eigenvalue weighted by atomic mass is 32.2. The number of benzene rings is 1. The number of ether oxygens (including phenoxy) is 2. The molecule has 3 aliphatic rings. The van der Waals surface area contributed by atoms with E-state index in [1.54, 1.807) is 7.11 Å². The largest absolute Gasteiger partial charge is 0.497 e. The summed E-state index contributed by atoms with van der Waals surface area (Å²) in [6, 6.07) is 8.18. The topological polar surface area (TPSA) is 79.4 Å². The van der Waals surface area contributed by atoms with E-state index in [9.17, 15) is 13.2 Å². The third-order valence-electron chi connectivity index (χ3n) is 7.05. The lowest BCUT2D eigenvalue weighted by Crippen LogP contribution is -2.47. The van der Waals surface area contributed by atoms with Crippen LogP contribution in [0.2, 0.25) is 0 Å². The van der Waals surface area contributed by atoms with Gasteiger partial charge < -0.3 is 14.4 Å². The van der Waals surface area contributed by atoms with Crippen molar-refractivity contribution >= 4 is 21.7 Å². The standard InChI is InChI=1S/C22H33N3O5S/c1-29-19-5-3-18(4-6-19)24-15-13-23(14-16-24)10-7-20-17-22(21(26)30-20)8-11-25(12-9-22)31(2,27)28/h3-6,20H,7-17H2,1-2H3/t20-/m0/s1. The van der Waals surface area contributed by atoms with E-state index < -0.39 is 15.4 Å². The molecule has 3 heterocycles. The second kappa shape index (κ2) is 8.96. The number of piperidine rings is 1. The SMILES string of the molecule is COc1ccc(N2CCN(CC[C@H]3CC4(CCN(S(C)(=O)=O)CC4)C(=O)O3)CC2)cc1. The van der Waals surface area contributed by atoms with Gasteiger partial charge in [-0.05, 0) is 43.5 Å². The van der Waals surface area contributed by atoms with Crippen molar-refractivity contribution in [2.24, 2.45) is 5.41 Å². The monoisotopic (exact) mass is 451 g/mol. The van der Waals surface area contributed by atoms with Crippen molar-refractivity contribution < 1.29 is 22.7 Å². The predicted molar refractivity (Wildman–Crippen MR) is 119 cm³/mol. The van der Waals surface area contributed by atoms with Gasteiger partial charge in [0.1, 0.15) is 11.9 Å². The van der Waals surface area contributed by atoms with Crippen LogP contribution in [0.25, 0.3) is 0 Å². The Balaban J connectivity index is 1.22. The maximum atomic E-state index is 12.6. The number of sulfonamides is 1. The number of piperazine rings is 1. The zero-order chi connectivity index (χ0) is 22.1. The fraction of sp³-hybridized carbons (Fsp3) is 0.682. The van der Waals surface area contributed by atoms with Gasteiger partial charge in [-0.25, -0.2) is 12.7 Å². The van der Waals surface area contributed by atoms with Crippen LogP contribution in [0.5, 0.6) is 5.75 Å². The van der Waals surface area contributed by atoms with Gasteiger partial charge in [0, 0.05) is 57.9 Å². The lowest BCUT2D eigenvalue weighted by Gasteiger charge is -2.36. The molecule has 31 heavy (non-hydrogen) atoms. The molecule has 3 saturated heterocycles. The second-order valence-corrected chi connectivity index (χ2v) is 11.0. The predicted octanol–water partition coefficient (Wildman–Crippen LogP) is 1.56. The molecule has 0 amide bonds. The van der Waals surface area contributed by atoms with E-state index in [0.29, 0.717) is 25.9 Å². The highest BCUT2D eigenvalue weighted by molar-refractivity contribution is 7.88. The number of methoxy groups -OCH3 is 1. The summed E-state index contributed by atoms with van der Waals surface area (Å²) in [5.74, 6) is 0.739. The highest BCUT2D eigenvalue weighted by Gasteiger charge is 2.51. The van der Waals surface area contributed by atoms with E-state index in [1.807, 2.05) is 12.1 Å². The zero-order valence-electron chi connectivity index (χ0n) is 18.5. The first-order valence-electron chi connectivity index (χ1n) is 11.1. The van der Waals surface area contributed by atoms with Crippen LogP contribution in [0.15, 0.2) is 24.3 Å². The summed E-state index contributed by atoms with van der Waals surface area (Å²) in [7, 11) is -1.52. The Morgan fingerprint density at radius 3 is 2.29 bits per heavy atom. The van der Waals surface area contributed by atoms with Crippen LogP contribution in [0.1, 0.15) is 25.7 Å². The average Bonchev–Trinajstić information content (AvgIpc) is 3.07. The Kier molecular flexibility index (Phi) is 6.46. The number of hydrogen-bond donors (Lipinski definition) is 0. The van der Waals surface area contributed by atoms with Gasteiger partial charge in [0.25, 0.3) is 0 Å². The number of cyclic esters (lactones) is 1. The van der Waals surface area contributed by atoms with Gasteiger partial charge >= 0.3 is 5.97 Å². The van der Waals surface area contributed by atoms with E-state index >= 15 is 0 Å². The van der Waals surface area contributed by atoms with Crippen molar-refractivity contribution in [1.29, 1.82) is 0 Å². The van der Waals surface area contributed by atoms with Crippen LogP contribution in [-0.2, 0) is 19.6 Å². The molecule has 0 bridgehead atoms. The van der Waals surface area contributed by atoms with Gasteiger partial charge in [-0.1, -0.05) is 0 Å². The van der Waals surface area contributed by atoms with Gasteiger partial charge in [-0.2, -0.15) is 0 Å². The maximum absolute atomic E-state index is 12.6. The smallest absolute Gasteiger partial charge is 0.312 e. The van der Waals surface area contributed by atoms with E-state index in [1.165, 1.54) is 16.2 Å². The van der Waals surface area contributed by atoms with Crippen LogP contribution in [0.4, 0.5) is 5.69 Å². The van der Waals surface area contributed by atoms with E-state index in [2.05, 4.69) is 21.9 Å². The molecule has 1 aromatic carbocycles. The maximum Gasteiger partial charge on any atom is 0.312 e. The first kappa shape index (κ1) is 22.4. The number of esters is 1. The molecule has 8 nitrogen and oxygen atoms in total. The summed E-state index contributed by atoms with van der Waals surface area (Å²) in [5, 5.41) is 0. The molecule has 0 aliphatic carbocycles. The van der Waals surface area contributed by atoms with Crippen molar-refractivity contribution in [3.63, 3.8) is 0 Å². The summed E-state index contributed by atoms with van der Waals surface area (Å²) < 4.78 is 35.9. The third-order valence-corrected chi connectivity index (χ3v) is 8.35. The van der Waals surface area contributed by atoms with Gasteiger partial charge in [0.15, 0.2) is 0 Å². The van der Waals surface area contributed by atoms with Crippen LogP contribution in [-0.4, -0.2) is 88.9 Å². The summed E-state index contributed by atoms with van der Waals surface area (Å²) >= 11 is 0. The average molecular weight is 452 g/mol. The zero-order valence-corrected chi connectivity index (χ0v) is 19.3. The Morgan fingerprint density at radius 1 is 1.06 bits per heavy atom. The van der Waals surface area contributed by atoms with Crippen molar-refractivity contribution in [3.05, 3.63) is 24.3 Å². The van der Waals surface area contributed by atoms with E-state index in [4.69, 9.17) is 9.47 Å². The molecule has 0 unspecified atom stereocenters. The number of hydrogen-bond acceptors (Lipinski definition) is 7. The molecule has 4 rings (SSSR count). The fourth-order valence-corrected chi connectivity index (χ4v) is 5.85. The molecule has 172 valence electrons. The van der Waals surface area contributed by atoms with Crippen LogP contribution < -0.4 is 9.64 Å². The Bertz CT molecular complexity index is 873. The van der Waals surface area contributed by atoms with Crippen molar-refractivity contribution in [2.75, 3.05) is 64.1 Å². The quantitative estimate of drug-likeness (QED) is 0.608. The number of carbonyl (C=O) groups is 1. The highest BCUT2D eigenvalue weighted by Crippen LogP contribution is 2.44. The number of anilines is 1.